The summed E-state index contributed by atoms with van der Waals surface area (Å²) >= 11 is 17.3. The van der Waals surface area contributed by atoms with Gasteiger partial charge in [-0.3, -0.25) is 0 Å². The van der Waals surface area contributed by atoms with Gasteiger partial charge in [-0.15, -0.1) is 22.9 Å². The van der Waals surface area contributed by atoms with Crippen molar-refractivity contribution < 1.29 is 0 Å². The lowest BCUT2D eigenvalue weighted by Gasteiger charge is -2.20. The second-order valence-corrected chi connectivity index (χ2v) is 6.79. The average Bonchev–Trinajstić information content (AvgIpc) is 2.44. The Morgan fingerprint density at radius 1 is 1.36 bits per heavy atom. The first-order chi connectivity index (χ1) is 6.43. The lowest BCUT2D eigenvalue weighted by atomic mass is 9.94. The van der Waals surface area contributed by atoms with Gasteiger partial charge in [-0.2, -0.15) is 0 Å². The Bertz CT molecular complexity index is 290. The van der Waals surface area contributed by atoms with E-state index < -0.39 is 0 Å². The molecule has 80 valence electrons. The van der Waals surface area contributed by atoms with Crippen LogP contribution in [-0.2, 0) is 0 Å². The van der Waals surface area contributed by atoms with E-state index in [0.717, 1.165) is 13.7 Å². The van der Waals surface area contributed by atoms with Gasteiger partial charge in [0, 0.05) is 9.35 Å². The molecule has 1 aromatic heterocycles. The van der Waals surface area contributed by atoms with Crippen molar-refractivity contribution in [1.82, 2.24) is 0 Å². The highest BCUT2D eigenvalue weighted by Crippen LogP contribution is 2.42. The molecule has 1 rings (SSSR count). The Morgan fingerprint density at radius 3 is 2.29 bits per heavy atom. The van der Waals surface area contributed by atoms with Crippen LogP contribution in [0.2, 0.25) is 4.34 Å². The third-order valence-electron chi connectivity index (χ3n) is 2.45. The zero-order chi connectivity index (χ0) is 10.9. The van der Waals surface area contributed by atoms with E-state index in [0.29, 0.717) is 11.8 Å². The smallest absolute Gasteiger partial charge is 0.107 e. The fourth-order valence-corrected chi connectivity index (χ4v) is 3.41. The van der Waals surface area contributed by atoms with Crippen LogP contribution >= 0.6 is 50.5 Å². The van der Waals surface area contributed by atoms with E-state index in [1.165, 1.54) is 0 Å². The first-order valence-corrected chi connectivity index (χ1v) is 6.94. The van der Waals surface area contributed by atoms with E-state index in [1.54, 1.807) is 11.3 Å². The molecule has 0 spiro atoms. The van der Waals surface area contributed by atoms with Gasteiger partial charge in [0.1, 0.15) is 4.34 Å². The van der Waals surface area contributed by atoms with E-state index in [2.05, 4.69) is 36.7 Å². The van der Waals surface area contributed by atoms with Gasteiger partial charge < -0.3 is 0 Å². The Morgan fingerprint density at radius 2 is 1.93 bits per heavy atom. The summed E-state index contributed by atoms with van der Waals surface area (Å²) in [4.78, 5) is 1.14. The fraction of sp³-hybridized carbons (Fsp3) is 0.600. The van der Waals surface area contributed by atoms with Crippen LogP contribution in [0.3, 0.4) is 0 Å². The first-order valence-electron chi connectivity index (χ1n) is 4.52. The Balaban J connectivity index is 2.83. The summed E-state index contributed by atoms with van der Waals surface area (Å²) in [5.74, 6) is 1.04. The molecule has 0 saturated heterocycles. The van der Waals surface area contributed by atoms with Crippen molar-refractivity contribution in [3.63, 3.8) is 0 Å². The Hall–Kier alpha value is 0.760. The molecule has 0 aliphatic heterocycles. The number of alkyl halides is 1. The normalized spacial score (nSPS) is 15.9. The zero-order valence-electron chi connectivity index (χ0n) is 8.35. The van der Waals surface area contributed by atoms with Gasteiger partial charge in [0.2, 0.25) is 0 Å². The van der Waals surface area contributed by atoms with Gasteiger partial charge in [0.25, 0.3) is 0 Å². The number of rotatable bonds is 3. The quantitative estimate of drug-likeness (QED) is 0.624. The van der Waals surface area contributed by atoms with Gasteiger partial charge >= 0.3 is 0 Å². The molecular formula is C10H13BrCl2S. The second kappa shape index (κ2) is 5.20. The summed E-state index contributed by atoms with van der Waals surface area (Å²) < 4.78 is 1.72. The Kier molecular flexibility index (Phi) is 4.76. The maximum atomic E-state index is 6.37. The summed E-state index contributed by atoms with van der Waals surface area (Å²) in [6.45, 7) is 6.54. The van der Waals surface area contributed by atoms with Crippen LogP contribution < -0.4 is 0 Å². The molecular weight excluding hydrogens is 303 g/mol. The number of hydrogen-bond acceptors (Lipinski definition) is 1. The minimum Gasteiger partial charge on any atom is -0.126 e. The molecule has 0 aliphatic carbocycles. The summed E-state index contributed by atoms with van der Waals surface area (Å²) in [7, 11) is 0. The molecule has 1 heterocycles. The van der Waals surface area contributed by atoms with Crippen molar-refractivity contribution in [2.24, 2.45) is 11.8 Å². The van der Waals surface area contributed by atoms with E-state index in [4.69, 9.17) is 23.2 Å². The molecule has 0 radical (unpaired) electrons. The molecule has 14 heavy (non-hydrogen) atoms. The third-order valence-corrected chi connectivity index (χ3v) is 5.77. The highest BCUT2D eigenvalue weighted by atomic mass is 79.9. The standard InChI is InChI=1S/C10H13BrCl2S/c1-5(2)6(3)9(12)8-4-7(11)10(13)14-8/h4-6,9H,1-3H3. The van der Waals surface area contributed by atoms with Crippen LogP contribution in [0, 0.1) is 11.8 Å². The molecule has 0 saturated carbocycles. The van der Waals surface area contributed by atoms with E-state index in [-0.39, 0.29) is 5.38 Å². The monoisotopic (exact) mass is 314 g/mol. The first kappa shape index (κ1) is 12.8. The maximum absolute atomic E-state index is 6.37. The Labute approximate surface area is 108 Å². The molecule has 0 nitrogen and oxygen atoms in total. The molecule has 0 amide bonds. The third kappa shape index (κ3) is 2.88. The van der Waals surface area contributed by atoms with Crippen molar-refractivity contribution >= 4 is 50.5 Å². The van der Waals surface area contributed by atoms with Crippen LogP contribution in [-0.4, -0.2) is 0 Å². The average molecular weight is 316 g/mol. The number of halogens is 3. The molecule has 0 N–H and O–H groups in total. The number of hydrogen-bond donors (Lipinski definition) is 0. The van der Waals surface area contributed by atoms with Crippen LogP contribution in [0.5, 0.6) is 0 Å². The molecule has 0 aliphatic rings. The second-order valence-electron chi connectivity index (χ2n) is 3.78. The summed E-state index contributed by atoms with van der Waals surface area (Å²) in [5.41, 5.74) is 0. The van der Waals surface area contributed by atoms with Crippen LogP contribution in [0.15, 0.2) is 10.5 Å². The molecule has 1 aromatic rings. The molecule has 0 fully saturated rings. The summed E-state index contributed by atoms with van der Waals surface area (Å²) in [6, 6.07) is 2.02. The van der Waals surface area contributed by atoms with Gasteiger partial charge in [-0.25, -0.2) is 0 Å². The predicted molar refractivity (Wildman–Crippen MR) is 69.6 cm³/mol. The van der Waals surface area contributed by atoms with Crippen LogP contribution in [0.1, 0.15) is 31.0 Å². The highest BCUT2D eigenvalue weighted by molar-refractivity contribution is 9.10. The van der Waals surface area contributed by atoms with Crippen molar-refractivity contribution in [3.05, 3.63) is 19.8 Å². The summed E-state index contributed by atoms with van der Waals surface area (Å²) in [6.07, 6.45) is 0. The minimum absolute atomic E-state index is 0.0591. The van der Waals surface area contributed by atoms with Crippen LogP contribution in [0.25, 0.3) is 0 Å². The van der Waals surface area contributed by atoms with Crippen molar-refractivity contribution in [2.45, 2.75) is 26.1 Å². The molecule has 0 bridgehead atoms. The van der Waals surface area contributed by atoms with Crippen molar-refractivity contribution in [2.75, 3.05) is 0 Å². The molecule has 0 aromatic carbocycles. The van der Waals surface area contributed by atoms with E-state index >= 15 is 0 Å². The molecule has 2 unspecified atom stereocenters. The maximum Gasteiger partial charge on any atom is 0.107 e. The van der Waals surface area contributed by atoms with Gasteiger partial charge in [0.15, 0.2) is 0 Å². The van der Waals surface area contributed by atoms with Gasteiger partial charge in [-0.1, -0.05) is 32.4 Å². The minimum atomic E-state index is 0.0591. The van der Waals surface area contributed by atoms with Crippen molar-refractivity contribution in [1.29, 1.82) is 0 Å². The predicted octanol–water partition coefficient (Wildman–Crippen LogP) is 5.74. The van der Waals surface area contributed by atoms with Crippen LogP contribution in [0.4, 0.5) is 0 Å². The van der Waals surface area contributed by atoms with Gasteiger partial charge in [-0.05, 0) is 33.8 Å². The summed E-state index contributed by atoms with van der Waals surface area (Å²) in [5, 5.41) is 0.0591. The molecule has 2 atom stereocenters. The van der Waals surface area contributed by atoms with E-state index in [1.807, 2.05) is 6.07 Å². The highest BCUT2D eigenvalue weighted by Gasteiger charge is 2.22. The topological polar surface area (TPSA) is 0 Å². The number of thiophene rings is 1. The van der Waals surface area contributed by atoms with Gasteiger partial charge in [0.05, 0.1) is 5.38 Å². The zero-order valence-corrected chi connectivity index (χ0v) is 12.3. The lowest BCUT2D eigenvalue weighted by molar-refractivity contribution is 0.409. The fourth-order valence-electron chi connectivity index (χ4n) is 1.10. The lowest BCUT2D eigenvalue weighted by Crippen LogP contribution is -2.09. The SMILES string of the molecule is CC(C)C(C)C(Cl)c1cc(Br)c(Cl)s1. The van der Waals surface area contributed by atoms with Crippen molar-refractivity contribution in [3.8, 4) is 0 Å². The van der Waals surface area contributed by atoms with E-state index in [9.17, 15) is 0 Å². The molecule has 4 heteroatoms. The largest absolute Gasteiger partial charge is 0.126 e.